The summed E-state index contributed by atoms with van der Waals surface area (Å²) in [6.07, 6.45) is -2.01. The molecule has 46 heavy (non-hydrogen) atoms. The molecule has 5 aromatic rings. The molecule has 12 heteroatoms. The average Bonchev–Trinajstić information content (AvgIpc) is 3.62. The highest BCUT2D eigenvalue weighted by atomic mass is 32.2. The van der Waals surface area contributed by atoms with Crippen molar-refractivity contribution in [2.24, 2.45) is 5.92 Å². The van der Waals surface area contributed by atoms with Gasteiger partial charge in [-0.15, -0.1) is 21.5 Å². The Morgan fingerprint density at radius 3 is 2.61 bits per heavy atom. The number of fused-ring (bicyclic) bond motifs is 1. The predicted octanol–water partition coefficient (Wildman–Crippen LogP) is 8.32. The number of hydrogen-bond donors (Lipinski definition) is 1. The molecule has 2 heterocycles. The fourth-order valence-electron chi connectivity index (χ4n) is 5.48. The molecule has 6 rings (SSSR count). The van der Waals surface area contributed by atoms with Gasteiger partial charge in [0.15, 0.2) is 11.0 Å². The van der Waals surface area contributed by atoms with Crippen molar-refractivity contribution in [1.29, 1.82) is 5.26 Å². The van der Waals surface area contributed by atoms with Crippen LogP contribution in [0, 0.1) is 17.2 Å². The number of amides is 1. The van der Waals surface area contributed by atoms with Gasteiger partial charge in [-0.3, -0.25) is 9.36 Å². The van der Waals surface area contributed by atoms with E-state index in [1.165, 1.54) is 34.1 Å². The summed E-state index contributed by atoms with van der Waals surface area (Å²) in [6.45, 7) is 1.98. The van der Waals surface area contributed by atoms with E-state index in [1.807, 2.05) is 48.5 Å². The third kappa shape index (κ3) is 6.66. The van der Waals surface area contributed by atoms with Crippen LogP contribution in [-0.2, 0) is 30.4 Å². The number of rotatable bonds is 9. The molecule has 0 unspecified atom stereocenters. The molecule has 1 atom stereocenters. The van der Waals surface area contributed by atoms with Crippen LogP contribution in [0.2, 0.25) is 0 Å². The van der Waals surface area contributed by atoms with Gasteiger partial charge >= 0.3 is 6.18 Å². The first kappa shape index (κ1) is 31.4. The molecule has 1 aliphatic carbocycles. The van der Waals surface area contributed by atoms with Crippen molar-refractivity contribution in [3.05, 3.63) is 106 Å². The summed E-state index contributed by atoms with van der Waals surface area (Å²) >= 11 is 2.37. The minimum atomic E-state index is -4.65. The molecule has 0 aliphatic heterocycles. The standard InChI is InChI=1S/C34H28F3N5O2S2/c1-21-15-16-24-25(18-38)32(46-29(24)17-21)39-31(43)20-45-33-41-40-30(42(33)27-13-7-6-12-26(27)34(35,36)37)19-44-28-14-8-5-11-23(28)22-9-3-2-4-10-22/h2-14,21H,15-17,19-20H2,1H3,(H,39,43)/t21-/m0/s1. The van der Waals surface area contributed by atoms with Gasteiger partial charge in [0, 0.05) is 10.4 Å². The third-order valence-electron chi connectivity index (χ3n) is 7.69. The molecular weight excluding hydrogens is 632 g/mol. The van der Waals surface area contributed by atoms with Crippen molar-refractivity contribution in [2.75, 3.05) is 11.1 Å². The monoisotopic (exact) mass is 659 g/mol. The Kier molecular flexibility index (Phi) is 9.15. The Labute approximate surface area is 272 Å². The van der Waals surface area contributed by atoms with Crippen LogP contribution in [0.3, 0.4) is 0 Å². The topological polar surface area (TPSA) is 92.8 Å². The molecule has 0 bridgehead atoms. The number of halogens is 3. The maximum absolute atomic E-state index is 14.2. The van der Waals surface area contributed by atoms with Crippen LogP contribution >= 0.6 is 23.1 Å². The Bertz CT molecular complexity index is 1910. The number of alkyl halides is 3. The van der Waals surface area contributed by atoms with Crippen LogP contribution in [0.4, 0.5) is 18.2 Å². The molecule has 1 aliphatic rings. The van der Waals surface area contributed by atoms with E-state index < -0.39 is 17.6 Å². The van der Waals surface area contributed by atoms with Crippen LogP contribution in [-0.4, -0.2) is 26.4 Å². The smallest absolute Gasteiger partial charge is 0.418 e. The molecule has 2 aromatic heterocycles. The lowest BCUT2D eigenvalue weighted by atomic mass is 9.89. The molecule has 3 aromatic carbocycles. The summed E-state index contributed by atoms with van der Waals surface area (Å²) < 4.78 is 49.9. The largest absolute Gasteiger partial charge is 0.485 e. The van der Waals surface area contributed by atoms with E-state index in [-0.39, 0.29) is 29.0 Å². The second-order valence-corrected chi connectivity index (χ2v) is 13.0. The van der Waals surface area contributed by atoms with E-state index in [1.54, 1.807) is 6.07 Å². The lowest BCUT2D eigenvalue weighted by Gasteiger charge is -2.17. The Balaban J connectivity index is 1.27. The summed E-state index contributed by atoms with van der Waals surface area (Å²) in [6, 6.07) is 24.4. The van der Waals surface area contributed by atoms with E-state index in [0.29, 0.717) is 22.2 Å². The Morgan fingerprint density at radius 1 is 1.09 bits per heavy atom. The summed E-state index contributed by atoms with van der Waals surface area (Å²) in [5.41, 5.74) is 2.18. The Morgan fingerprint density at radius 2 is 1.83 bits per heavy atom. The average molecular weight is 660 g/mol. The maximum Gasteiger partial charge on any atom is 0.418 e. The summed E-state index contributed by atoms with van der Waals surface area (Å²) in [5, 5.41) is 21.6. The number of nitrogens with zero attached hydrogens (tertiary/aromatic N) is 4. The highest BCUT2D eigenvalue weighted by Crippen LogP contribution is 2.40. The van der Waals surface area contributed by atoms with Crippen LogP contribution in [0.1, 0.15) is 40.7 Å². The second-order valence-electron chi connectivity index (χ2n) is 10.9. The Hall–Kier alpha value is -4.60. The van der Waals surface area contributed by atoms with E-state index >= 15 is 0 Å². The molecule has 1 N–H and O–H groups in total. The van der Waals surface area contributed by atoms with Gasteiger partial charge in [-0.05, 0) is 54.5 Å². The lowest BCUT2D eigenvalue weighted by molar-refractivity contribution is -0.137. The van der Waals surface area contributed by atoms with Crippen LogP contribution in [0.25, 0.3) is 16.8 Å². The normalized spacial score (nSPS) is 14.4. The highest BCUT2D eigenvalue weighted by molar-refractivity contribution is 7.99. The van der Waals surface area contributed by atoms with Gasteiger partial charge < -0.3 is 10.1 Å². The van der Waals surface area contributed by atoms with Gasteiger partial charge in [-0.1, -0.05) is 79.3 Å². The van der Waals surface area contributed by atoms with Gasteiger partial charge in [0.1, 0.15) is 23.4 Å². The minimum Gasteiger partial charge on any atom is -0.485 e. The number of nitrogens with one attached hydrogen (secondary N) is 1. The third-order valence-corrected chi connectivity index (χ3v) is 9.79. The molecule has 0 saturated heterocycles. The van der Waals surface area contributed by atoms with Crippen molar-refractivity contribution >= 4 is 34.0 Å². The maximum atomic E-state index is 14.2. The molecule has 0 radical (unpaired) electrons. The van der Waals surface area contributed by atoms with E-state index in [0.717, 1.165) is 58.7 Å². The first-order chi connectivity index (χ1) is 22.2. The number of aromatic nitrogens is 3. The quantitative estimate of drug-likeness (QED) is 0.160. The van der Waals surface area contributed by atoms with E-state index in [9.17, 15) is 23.2 Å². The van der Waals surface area contributed by atoms with Gasteiger partial charge in [0.2, 0.25) is 5.91 Å². The van der Waals surface area contributed by atoms with Crippen LogP contribution in [0.15, 0.2) is 84.0 Å². The number of nitriles is 1. The molecule has 0 spiro atoms. The number of benzene rings is 3. The fourth-order valence-corrected chi connectivity index (χ4v) is 7.62. The van der Waals surface area contributed by atoms with Crippen LogP contribution in [0.5, 0.6) is 5.75 Å². The van der Waals surface area contributed by atoms with Crippen molar-refractivity contribution in [3.63, 3.8) is 0 Å². The van der Waals surface area contributed by atoms with Gasteiger partial charge in [0.05, 0.1) is 22.6 Å². The summed E-state index contributed by atoms with van der Waals surface area (Å²) in [7, 11) is 0. The number of hydrogen-bond acceptors (Lipinski definition) is 7. The molecular formula is C34H28F3N5O2S2. The van der Waals surface area contributed by atoms with Crippen molar-refractivity contribution in [2.45, 2.75) is 44.1 Å². The molecule has 0 saturated carbocycles. The van der Waals surface area contributed by atoms with Crippen molar-refractivity contribution < 1.29 is 22.7 Å². The zero-order chi connectivity index (χ0) is 32.3. The summed E-state index contributed by atoms with van der Waals surface area (Å²) in [4.78, 5) is 14.2. The van der Waals surface area contributed by atoms with Gasteiger partial charge in [-0.2, -0.15) is 18.4 Å². The van der Waals surface area contributed by atoms with Crippen molar-refractivity contribution in [3.8, 4) is 28.6 Å². The number of carbonyl (C=O) groups is 1. The lowest BCUT2D eigenvalue weighted by Crippen LogP contribution is -2.16. The number of anilines is 1. The number of ether oxygens (including phenoxy) is 1. The van der Waals surface area contributed by atoms with Gasteiger partial charge in [-0.25, -0.2) is 0 Å². The molecule has 7 nitrogen and oxygen atoms in total. The highest BCUT2D eigenvalue weighted by Gasteiger charge is 2.35. The minimum absolute atomic E-state index is 0.0987. The van der Waals surface area contributed by atoms with E-state index in [2.05, 4.69) is 28.5 Å². The number of thiophene rings is 1. The summed E-state index contributed by atoms with van der Waals surface area (Å²) in [5.74, 6) is 0.610. The van der Waals surface area contributed by atoms with Crippen LogP contribution < -0.4 is 10.1 Å². The SMILES string of the molecule is C[C@H]1CCc2c(sc(NC(=O)CSc3nnc(COc4ccccc4-c4ccccc4)n3-c3ccccc3C(F)(F)F)c2C#N)C1. The first-order valence-electron chi connectivity index (χ1n) is 14.6. The number of para-hydroxylation sites is 2. The molecule has 234 valence electrons. The first-order valence-corrected chi connectivity index (χ1v) is 16.4. The van der Waals surface area contributed by atoms with Crippen molar-refractivity contribution in [1.82, 2.24) is 14.8 Å². The zero-order valence-corrected chi connectivity index (χ0v) is 26.3. The second kappa shape index (κ2) is 13.4. The molecule has 0 fully saturated rings. The number of thioether (sulfide) groups is 1. The zero-order valence-electron chi connectivity index (χ0n) is 24.7. The van der Waals surface area contributed by atoms with E-state index in [4.69, 9.17) is 4.74 Å². The number of carbonyl (C=O) groups excluding carboxylic acids is 1. The fraction of sp³-hybridized carbons (Fsp3) is 0.235. The predicted molar refractivity (Wildman–Crippen MR) is 172 cm³/mol. The van der Waals surface area contributed by atoms with Gasteiger partial charge in [0.25, 0.3) is 0 Å². The molecule has 1 amide bonds.